The number of rotatable bonds is 7. The third kappa shape index (κ3) is 5.32. The van der Waals surface area contributed by atoms with Crippen LogP contribution in [0.2, 0.25) is 0 Å². The van der Waals surface area contributed by atoms with Crippen LogP contribution in [-0.4, -0.2) is 21.4 Å². The second-order valence-corrected chi connectivity index (χ2v) is 7.53. The maximum atomic E-state index is 13.0. The van der Waals surface area contributed by atoms with Crippen molar-refractivity contribution in [1.82, 2.24) is 10.2 Å². The zero-order valence-corrected chi connectivity index (χ0v) is 16.5. The molecule has 2 aromatic carbocycles. The van der Waals surface area contributed by atoms with E-state index in [9.17, 15) is 9.18 Å². The van der Waals surface area contributed by atoms with Crippen LogP contribution in [0.1, 0.15) is 31.4 Å². The highest BCUT2D eigenvalue weighted by molar-refractivity contribution is 8.00. The summed E-state index contributed by atoms with van der Waals surface area (Å²) in [5.74, 6) is 0.267. The summed E-state index contributed by atoms with van der Waals surface area (Å²) in [6.07, 6.45) is -0.510. The van der Waals surface area contributed by atoms with E-state index in [2.05, 4.69) is 15.5 Å². The van der Waals surface area contributed by atoms with Gasteiger partial charge in [-0.05, 0) is 57.2 Å². The molecule has 6 nitrogen and oxygen atoms in total. The maximum Gasteiger partial charge on any atom is 0.277 e. The van der Waals surface area contributed by atoms with E-state index in [1.807, 2.05) is 31.2 Å². The topological polar surface area (TPSA) is 77.2 Å². The number of aromatic nitrogens is 2. The Kier molecular flexibility index (Phi) is 6.30. The first-order valence-electron chi connectivity index (χ1n) is 8.70. The van der Waals surface area contributed by atoms with Crippen LogP contribution in [0.4, 0.5) is 10.1 Å². The first-order chi connectivity index (χ1) is 13.4. The van der Waals surface area contributed by atoms with Gasteiger partial charge < -0.3 is 14.5 Å². The fraction of sp³-hybridized carbons (Fsp3) is 0.250. The molecule has 0 unspecified atom stereocenters. The lowest BCUT2D eigenvalue weighted by atomic mass is 10.2. The van der Waals surface area contributed by atoms with E-state index in [1.54, 1.807) is 13.8 Å². The van der Waals surface area contributed by atoms with Crippen LogP contribution in [0, 0.1) is 12.7 Å². The van der Waals surface area contributed by atoms with Crippen LogP contribution in [-0.2, 0) is 4.79 Å². The predicted molar refractivity (Wildman–Crippen MR) is 105 cm³/mol. The molecule has 3 aromatic rings. The van der Waals surface area contributed by atoms with E-state index in [-0.39, 0.29) is 22.8 Å². The van der Waals surface area contributed by atoms with Crippen LogP contribution in [0.25, 0.3) is 0 Å². The van der Waals surface area contributed by atoms with Crippen LogP contribution in [0.3, 0.4) is 0 Å². The van der Waals surface area contributed by atoms with Crippen molar-refractivity contribution < 1.29 is 18.3 Å². The highest BCUT2D eigenvalue weighted by Crippen LogP contribution is 2.27. The van der Waals surface area contributed by atoms with Crippen LogP contribution in [0.15, 0.2) is 58.2 Å². The van der Waals surface area contributed by atoms with Crippen molar-refractivity contribution in [1.29, 1.82) is 0 Å². The number of amides is 1. The largest absolute Gasteiger partial charge is 0.481 e. The molecular formula is C20H20FN3O3S. The average Bonchev–Trinajstić information content (AvgIpc) is 3.14. The molecule has 1 N–H and O–H groups in total. The molecular weight excluding hydrogens is 381 g/mol. The van der Waals surface area contributed by atoms with E-state index in [0.29, 0.717) is 5.75 Å². The molecule has 0 saturated carbocycles. The highest BCUT2D eigenvalue weighted by Gasteiger charge is 2.21. The van der Waals surface area contributed by atoms with Gasteiger partial charge in [0.15, 0.2) is 6.10 Å². The van der Waals surface area contributed by atoms with E-state index in [4.69, 9.17) is 9.15 Å². The third-order valence-electron chi connectivity index (χ3n) is 3.86. The summed E-state index contributed by atoms with van der Waals surface area (Å²) in [6.45, 7) is 5.49. The molecule has 1 amide bonds. The average molecular weight is 401 g/mol. The van der Waals surface area contributed by atoms with Gasteiger partial charge in [-0.1, -0.05) is 29.5 Å². The van der Waals surface area contributed by atoms with E-state index < -0.39 is 11.4 Å². The minimum absolute atomic E-state index is 0.163. The standard InChI is InChI=1S/C20H20FN3O3S/c1-12-4-8-16(9-5-12)22-18(25)14(3)28-20-24-23-19(27-20)13(2)26-17-10-6-15(21)7-11-17/h4-11,13-14H,1-3H3,(H,22,25)/t13-,14-/m0/s1. The lowest BCUT2D eigenvalue weighted by molar-refractivity contribution is -0.115. The van der Waals surface area contributed by atoms with Gasteiger partial charge in [0.2, 0.25) is 5.91 Å². The van der Waals surface area contributed by atoms with E-state index in [1.165, 1.54) is 24.3 Å². The molecule has 1 heterocycles. The predicted octanol–water partition coefficient (Wildman–Crippen LogP) is 4.78. The van der Waals surface area contributed by atoms with Crippen LogP contribution in [0.5, 0.6) is 5.75 Å². The maximum absolute atomic E-state index is 13.0. The minimum atomic E-state index is -0.510. The summed E-state index contributed by atoms with van der Waals surface area (Å²) in [6, 6.07) is 13.2. The number of nitrogens with one attached hydrogen (secondary N) is 1. The summed E-state index contributed by atoms with van der Waals surface area (Å²) in [4.78, 5) is 12.3. The number of anilines is 1. The number of halogens is 1. The third-order valence-corrected chi connectivity index (χ3v) is 4.80. The lowest BCUT2D eigenvalue weighted by Gasteiger charge is -2.11. The molecule has 3 rings (SSSR count). The van der Waals surface area contributed by atoms with Gasteiger partial charge in [-0.3, -0.25) is 4.79 Å². The zero-order chi connectivity index (χ0) is 20.1. The molecule has 0 fully saturated rings. The number of aryl methyl sites for hydroxylation is 1. The highest BCUT2D eigenvalue weighted by atomic mass is 32.2. The Morgan fingerprint density at radius 2 is 1.79 bits per heavy atom. The van der Waals surface area contributed by atoms with Gasteiger partial charge in [-0.25, -0.2) is 4.39 Å². The molecule has 0 saturated heterocycles. The molecule has 28 heavy (non-hydrogen) atoms. The monoisotopic (exact) mass is 401 g/mol. The van der Waals surface area contributed by atoms with Crippen molar-refractivity contribution in [2.75, 3.05) is 5.32 Å². The lowest BCUT2D eigenvalue weighted by Crippen LogP contribution is -2.22. The van der Waals surface area contributed by atoms with Gasteiger partial charge in [-0.2, -0.15) is 0 Å². The Labute approximate surface area is 166 Å². The number of thioether (sulfide) groups is 1. The van der Waals surface area contributed by atoms with Crippen LogP contribution < -0.4 is 10.1 Å². The first kappa shape index (κ1) is 19.9. The molecule has 0 aliphatic rings. The Morgan fingerprint density at radius 1 is 1.11 bits per heavy atom. The summed E-state index contributed by atoms with van der Waals surface area (Å²) >= 11 is 1.16. The first-order valence-corrected chi connectivity index (χ1v) is 9.58. The van der Waals surface area contributed by atoms with Gasteiger partial charge in [0.25, 0.3) is 11.1 Å². The van der Waals surface area contributed by atoms with Gasteiger partial charge in [0.05, 0.1) is 5.25 Å². The molecule has 146 valence electrons. The SMILES string of the molecule is Cc1ccc(NC(=O)[C@H](C)Sc2nnc([C@H](C)Oc3ccc(F)cc3)o2)cc1. The van der Waals surface area contributed by atoms with Gasteiger partial charge >= 0.3 is 0 Å². The normalized spacial score (nSPS) is 13.0. The van der Waals surface area contributed by atoms with Gasteiger partial charge in [0.1, 0.15) is 11.6 Å². The van der Waals surface area contributed by atoms with Crippen molar-refractivity contribution in [2.45, 2.75) is 37.3 Å². The molecule has 0 spiro atoms. The Morgan fingerprint density at radius 3 is 2.46 bits per heavy atom. The van der Waals surface area contributed by atoms with E-state index in [0.717, 1.165) is 23.0 Å². The quantitative estimate of drug-likeness (QED) is 0.574. The molecule has 2 atom stereocenters. The van der Waals surface area contributed by atoms with Crippen molar-refractivity contribution in [2.24, 2.45) is 0 Å². The van der Waals surface area contributed by atoms with Crippen molar-refractivity contribution in [3.63, 3.8) is 0 Å². The Hall–Kier alpha value is -2.87. The van der Waals surface area contributed by atoms with Gasteiger partial charge in [-0.15, -0.1) is 10.2 Å². The Balaban J connectivity index is 1.56. The fourth-order valence-corrected chi connectivity index (χ4v) is 2.98. The number of carbonyl (C=O) groups is 1. The smallest absolute Gasteiger partial charge is 0.277 e. The summed E-state index contributed by atoms with van der Waals surface area (Å²) in [7, 11) is 0. The molecule has 0 radical (unpaired) electrons. The number of benzene rings is 2. The van der Waals surface area contributed by atoms with Crippen LogP contribution >= 0.6 is 11.8 Å². The molecule has 0 bridgehead atoms. The minimum Gasteiger partial charge on any atom is -0.481 e. The molecule has 1 aromatic heterocycles. The number of carbonyl (C=O) groups excluding carboxylic acids is 1. The number of hydrogen-bond donors (Lipinski definition) is 1. The number of hydrogen-bond acceptors (Lipinski definition) is 6. The van der Waals surface area contributed by atoms with Crippen molar-refractivity contribution in [3.05, 3.63) is 65.8 Å². The second kappa shape index (κ2) is 8.88. The summed E-state index contributed by atoms with van der Waals surface area (Å²) in [5.41, 5.74) is 1.85. The second-order valence-electron chi connectivity index (χ2n) is 6.24. The summed E-state index contributed by atoms with van der Waals surface area (Å²) < 4.78 is 24.2. The Bertz CT molecular complexity index is 929. The number of nitrogens with zero attached hydrogens (tertiary/aromatic N) is 2. The summed E-state index contributed by atoms with van der Waals surface area (Å²) in [5, 5.41) is 10.6. The molecule has 8 heteroatoms. The van der Waals surface area contributed by atoms with Crippen molar-refractivity contribution >= 4 is 23.4 Å². The number of ether oxygens (including phenoxy) is 1. The van der Waals surface area contributed by atoms with Gasteiger partial charge in [0, 0.05) is 5.69 Å². The van der Waals surface area contributed by atoms with Crippen molar-refractivity contribution in [3.8, 4) is 5.75 Å². The zero-order valence-electron chi connectivity index (χ0n) is 15.7. The molecule has 0 aliphatic carbocycles. The molecule has 0 aliphatic heterocycles. The van der Waals surface area contributed by atoms with E-state index >= 15 is 0 Å². The fourth-order valence-electron chi connectivity index (χ4n) is 2.29.